The van der Waals surface area contributed by atoms with Crippen molar-refractivity contribution in [2.45, 2.75) is 43.5 Å². The third-order valence-electron chi connectivity index (χ3n) is 6.21. The number of carbonyl (C=O) groups is 3. The van der Waals surface area contributed by atoms with Crippen LogP contribution in [0.1, 0.15) is 42.1 Å². The highest BCUT2D eigenvalue weighted by Crippen LogP contribution is 2.27. The molecule has 7 N–H and O–H groups in total. The standard InChI is InChI=1S/C29H35N5O5S/c1-20(35)33-27(9-5-6-17-30)29(37)34-23-12-15-25(26(19-23)22-7-3-2-4-8-22)28(36)32-18-16-21-10-13-24(14-11-21)40(31,38)39/h2-4,7-8,10-15,19,27H,5-6,9,16-18,30H2,1H3,(H,32,36)(H,33,35)(H,34,37)(H2,31,38,39)/t27-/m0/s1. The van der Waals surface area contributed by atoms with E-state index in [4.69, 9.17) is 10.9 Å². The minimum Gasteiger partial charge on any atom is -0.352 e. The van der Waals surface area contributed by atoms with Gasteiger partial charge < -0.3 is 21.7 Å². The number of sulfonamides is 1. The molecule has 0 heterocycles. The molecule has 0 radical (unpaired) electrons. The zero-order valence-corrected chi connectivity index (χ0v) is 23.2. The summed E-state index contributed by atoms with van der Waals surface area (Å²) in [4.78, 5) is 37.8. The van der Waals surface area contributed by atoms with Gasteiger partial charge in [0.1, 0.15) is 6.04 Å². The van der Waals surface area contributed by atoms with E-state index in [1.54, 1.807) is 30.3 Å². The molecule has 11 heteroatoms. The summed E-state index contributed by atoms with van der Waals surface area (Å²) in [7, 11) is -3.77. The lowest BCUT2D eigenvalue weighted by atomic mass is 9.98. The first-order valence-electron chi connectivity index (χ1n) is 13.0. The van der Waals surface area contributed by atoms with Gasteiger partial charge in [-0.25, -0.2) is 13.6 Å². The fourth-order valence-corrected chi connectivity index (χ4v) is 4.69. The fraction of sp³-hybridized carbons (Fsp3) is 0.276. The lowest BCUT2D eigenvalue weighted by Gasteiger charge is -2.18. The summed E-state index contributed by atoms with van der Waals surface area (Å²) in [5.41, 5.74) is 8.75. The lowest BCUT2D eigenvalue weighted by molar-refractivity contribution is -0.125. The normalized spacial score (nSPS) is 11.9. The van der Waals surface area contributed by atoms with E-state index in [0.717, 1.165) is 17.5 Å². The van der Waals surface area contributed by atoms with Crippen molar-refractivity contribution < 1.29 is 22.8 Å². The number of benzene rings is 3. The number of unbranched alkanes of at least 4 members (excludes halogenated alkanes) is 1. The van der Waals surface area contributed by atoms with Gasteiger partial charge in [-0.15, -0.1) is 0 Å². The molecule has 0 fully saturated rings. The molecule has 3 rings (SSSR count). The van der Waals surface area contributed by atoms with Crippen molar-refractivity contribution in [1.82, 2.24) is 10.6 Å². The van der Waals surface area contributed by atoms with Crippen molar-refractivity contribution in [3.05, 3.63) is 83.9 Å². The predicted octanol–water partition coefficient (Wildman–Crippen LogP) is 2.55. The molecule has 0 bridgehead atoms. The Morgan fingerprint density at radius 1 is 0.925 bits per heavy atom. The SMILES string of the molecule is CC(=O)N[C@@H](CCCCN)C(=O)Nc1ccc(C(=O)NCCc2ccc(S(N)(=O)=O)cc2)c(-c2ccccc2)c1. The second kappa shape index (κ2) is 14.4. The molecule has 0 saturated carbocycles. The van der Waals surface area contributed by atoms with Gasteiger partial charge in [0.05, 0.1) is 4.90 Å². The monoisotopic (exact) mass is 565 g/mol. The quantitative estimate of drug-likeness (QED) is 0.199. The number of hydrogen-bond acceptors (Lipinski definition) is 6. The van der Waals surface area contributed by atoms with Gasteiger partial charge in [-0.2, -0.15) is 0 Å². The van der Waals surface area contributed by atoms with Gasteiger partial charge in [0.15, 0.2) is 0 Å². The maximum atomic E-state index is 13.2. The number of primary sulfonamides is 1. The van der Waals surface area contributed by atoms with E-state index in [9.17, 15) is 22.8 Å². The predicted molar refractivity (Wildman–Crippen MR) is 155 cm³/mol. The molecule has 40 heavy (non-hydrogen) atoms. The zero-order chi connectivity index (χ0) is 29.1. The van der Waals surface area contributed by atoms with Crippen LogP contribution in [-0.2, 0) is 26.0 Å². The van der Waals surface area contributed by atoms with Crippen LogP contribution < -0.4 is 26.8 Å². The van der Waals surface area contributed by atoms with E-state index in [-0.39, 0.29) is 22.6 Å². The van der Waals surface area contributed by atoms with Crippen LogP contribution in [0.25, 0.3) is 11.1 Å². The first kappa shape index (κ1) is 30.5. The summed E-state index contributed by atoms with van der Waals surface area (Å²) in [6, 6.07) is 19.8. The summed E-state index contributed by atoms with van der Waals surface area (Å²) < 4.78 is 22.9. The van der Waals surface area contributed by atoms with Crippen molar-refractivity contribution in [2.24, 2.45) is 10.9 Å². The Bertz CT molecular complexity index is 1430. The molecular weight excluding hydrogens is 530 g/mol. The molecule has 0 aliphatic carbocycles. The zero-order valence-electron chi connectivity index (χ0n) is 22.4. The maximum Gasteiger partial charge on any atom is 0.251 e. The molecule has 3 aromatic carbocycles. The minimum absolute atomic E-state index is 0.0268. The van der Waals surface area contributed by atoms with Crippen molar-refractivity contribution in [1.29, 1.82) is 0 Å². The second-order valence-electron chi connectivity index (χ2n) is 9.35. The third kappa shape index (κ3) is 9.01. The topological polar surface area (TPSA) is 173 Å². The first-order valence-corrected chi connectivity index (χ1v) is 14.5. The van der Waals surface area contributed by atoms with E-state index in [1.165, 1.54) is 19.1 Å². The Morgan fingerprint density at radius 3 is 2.25 bits per heavy atom. The first-order chi connectivity index (χ1) is 19.1. The number of nitrogens with two attached hydrogens (primary N) is 2. The number of anilines is 1. The van der Waals surface area contributed by atoms with Gasteiger partial charge in [0.25, 0.3) is 5.91 Å². The number of hydrogen-bond donors (Lipinski definition) is 5. The van der Waals surface area contributed by atoms with Gasteiger partial charge in [-0.05, 0) is 79.3 Å². The van der Waals surface area contributed by atoms with Crippen LogP contribution in [0, 0.1) is 0 Å². The Labute approximate surface area is 234 Å². The lowest BCUT2D eigenvalue weighted by Crippen LogP contribution is -2.42. The minimum atomic E-state index is -3.77. The highest BCUT2D eigenvalue weighted by molar-refractivity contribution is 7.89. The third-order valence-corrected chi connectivity index (χ3v) is 7.14. The van der Waals surface area contributed by atoms with Crippen LogP contribution in [0.4, 0.5) is 5.69 Å². The largest absolute Gasteiger partial charge is 0.352 e. The van der Waals surface area contributed by atoms with Crippen LogP contribution in [0.3, 0.4) is 0 Å². The van der Waals surface area contributed by atoms with Crippen molar-refractivity contribution in [3.8, 4) is 11.1 Å². The Morgan fingerprint density at radius 2 is 1.62 bits per heavy atom. The molecule has 1 atom stereocenters. The molecule has 0 unspecified atom stereocenters. The molecular formula is C29H35N5O5S. The number of nitrogens with one attached hydrogen (secondary N) is 3. The van der Waals surface area contributed by atoms with E-state index < -0.39 is 16.1 Å². The van der Waals surface area contributed by atoms with Crippen LogP contribution >= 0.6 is 0 Å². The van der Waals surface area contributed by atoms with Crippen LogP contribution in [-0.4, -0.2) is 45.3 Å². The molecule has 3 amide bonds. The van der Waals surface area contributed by atoms with E-state index in [1.807, 2.05) is 30.3 Å². The summed E-state index contributed by atoms with van der Waals surface area (Å²) in [6.07, 6.45) is 2.38. The van der Waals surface area contributed by atoms with Crippen LogP contribution in [0.15, 0.2) is 77.7 Å². The van der Waals surface area contributed by atoms with Crippen molar-refractivity contribution >= 4 is 33.4 Å². The van der Waals surface area contributed by atoms with Crippen LogP contribution in [0.2, 0.25) is 0 Å². The van der Waals surface area contributed by atoms with E-state index in [2.05, 4.69) is 16.0 Å². The molecule has 0 saturated heterocycles. The molecule has 0 spiro atoms. The number of rotatable bonds is 13. The smallest absolute Gasteiger partial charge is 0.251 e. The molecule has 10 nitrogen and oxygen atoms in total. The Balaban J connectivity index is 1.75. The van der Waals surface area contributed by atoms with Gasteiger partial charge in [-0.1, -0.05) is 42.5 Å². The molecule has 0 aliphatic heterocycles. The maximum absolute atomic E-state index is 13.2. The van der Waals surface area contributed by atoms with Gasteiger partial charge >= 0.3 is 0 Å². The molecule has 0 aliphatic rings. The van der Waals surface area contributed by atoms with Crippen LogP contribution in [0.5, 0.6) is 0 Å². The van der Waals surface area contributed by atoms with E-state index >= 15 is 0 Å². The van der Waals surface area contributed by atoms with E-state index in [0.29, 0.717) is 49.2 Å². The highest BCUT2D eigenvalue weighted by atomic mass is 32.2. The highest BCUT2D eigenvalue weighted by Gasteiger charge is 2.20. The Kier molecular flexibility index (Phi) is 10.9. The molecule has 212 valence electrons. The summed E-state index contributed by atoms with van der Waals surface area (Å²) >= 11 is 0. The van der Waals surface area contributed by atoms with Gasteiger partial charge in [-0.3, -0.25) is 14.4 Å². The van der Waals surface area contributed by atoms with Gasteiger partial charge in [0, 0.05) is 24.7 Å². The summed E-state index contributed by atoms with van der Waals surface area (Å²) in [6.45, 7) is 2.19. The molecule has 0 aromatic heterocycles. The summed E-state index contributed by atoms with van der Waals surface area (Å²) in [5.74, 6) is -0.946. The Hall–Kier alpha value is -4.06. The fourth-order valence-electron chi connectivity index (χ4n) is 4.17. The number of amides is 3. The molecule has 3 aromatic rings. The summed E-state index contributed by atoms with van der Waals surface area (Å²) in [5, 5.41) is 13.6. The average molecular weight is 566 g/mol. The van der Waals surface area contributed by atoms with Crippen molar-refractivity contribution in [2.75, 3.05) is 18.4 Å². The van der Waals surface area contributed by atoms with Gasteiger partial charge in [0.2, 0.25) is 21.8 Å². The van der Waals surface area contributed by atoms with Crippen molar-refractivity contribution in [3.63, 3.8) is 0 Å². The number of carbonyl (C=O) groups excluding carboxylic acids is 3. The second-order valence-corrected chi connectivity index (χ2v) is 10.9. The average Bonchev–Trinajstić information content (AvgIpc) is 2.92.